The minimum atomic E-state index is 0.857. The Bertz CT molecular complexity index is 692. The second kappa shape index (κ2) is 7.31. The van der Waals surface area contributed by atoms with Crippen LogP contribution >= 0.6 is 0 Å². The van der Waals surface area contributed by atoms with Crippen molar-refractivity contribution in [1.82, 2.24) is 24.8 Å². The van der Waals surface area contributed by atoms with Crippen molar-refractivity contribution in [3.8, 4) is 0 Å². The monoisotopic (exact) mass is 339 g/mol. The first kappa shape index (κ1) is 16.2. The Labute approximate surface area is 148 Å². The van der Waals surface area contributed by atoms with Crippen LogP contribution in [-0.4, -0.2) is 64.1 Å². The molecule has 2 saturated heterocycles. The van der Waals surface area contributed by atoms with E-state index in [2.05, 4.69) is 42.6 Å². The van der Waals surface area contributed by atoms with Crippen LogP contribution in [0.25, 0.3) is 0 Å². The first-order valence-electron chi connectivity index (χ1n) is 9.11. The number of rotatable bonds is 4. The molecular weight excluding hydrogens is 314 g/mol. The van der Waals surface area contributed by atoms with Crippen LogP contribution in [0.5, 0.6) is 0 Å². The van der Waals surface area contributed by atoms with Crippen molar-refractivity contribution in [2.24, 2.45) is 0 Å². The van der Waals surface area contributed by atoms with Crippen molar-refractivity contribution in [2.75, 3.05) is 49.1 Å². The van der Waals surface area contributed by atoms with E-state index in [4.69, 9.17) is 4.98 Å². The molecular formula is C18H25N7. The Morgan fingerprint density at radius 3 is 2.44 bits per heavy atom. The average Bonchev–Trinajstić information content (AvgIpc) is 3.17. The number of nitrogens with zero attached hydrogens (tertiary/aromatic N) is 7. The van der Waals surface area contributed by atoms with E-state index in [0.29, 0.717) is 0 Å². The van der Waals surface area contributed by atoms with Gasteiger partial charge in [-0.2, -0.15) is 4.98 Å². The molecule has 0 aliphatic carbocycles. The lowest BCUT2D eigenvalue weighted by Gasteiger charge is -2.34. The van der Waals surface area contributed by atoms with E-state index >= 15 is 0 Å². The molecule has 0 unspecified atom stereocenters. The normalized spacial score (nSPS) is 18.8. The van der Waals surface area contributed by atoms with Crippen molar-refractivity contribution in [2.45, 2.75) is 26.3 Å². The molecule has 0 radical (unpaired) electrons. The summed E-state index contributed by atoms with van der Waals surface area (Å²) in [6.45, 7) is 9.03. The minimum absolute atomic E-state index is 0.857. The third-order valence-corrected chi connectivity index (χ3v) is 4.92. The zero-order valence-corrected chi connectivity index (χ0v) is 14.8. The minimum Gasteiger partial charge on any atom is -0.356 e. The van der Waals surface area contributed by atoms with Gasteiger partial charge >= 0.3 is 0 Å². The molecule has 0 bridgehead atoms. The highest BCUT2D eigenvalue weighted by Crippen LogP contribution is 2.22. The second-order valence-electron chi connectivity index (χ2n) is 6.82. The van der Waals surface area contributed by atoms with Crippen LogP contribution < -0.4 is 9.80 Å². The number of hydrogen-bond acceptors (Lipinski definition) is 7. The van der Waals surface area contributed by atoms with Gasteiger partial charge in [-0.25, -0.2) is 4.98 Å². The number of piperazine rings is 1. The van der Waals surface area contributed by atoms with E-state index in [1.54, 1.807) is 12.4 Å². The molecule has 7 nitrogen and oxygen atoms in total. The van der Waals surface area contributed by atoms with Gasteiger partial charge in [-0.05, 0) is 19.8 Å². The van der Waals surface area contributed by atoms with E-state index < -0.39 is 0 Å². The summed E-state index contributed by atoms with van der Waals surface area (Å²) in [5.74, 6) is 1.96. The molecule has 2 aromatic rings. The van der Waals surface area contributed by atoms with Crippen molar-refractivity contribution in [1.29, 1.82) is 0 Å². The third-order valence-electron chi connectivity index (χ3n) is 4.92. The highest BCUT2D eigenvalue weighted by atomic mass is 15.3. The van der Waals surface area contributed by atoms with Crippen LogP contribution in [0, 0.1) is 6.92 Å². The largest absolute Gasteiger partial charge is 0.356 e. The molecule has 0 aromatic carbocycles. The van der Waals surface area contributed by atoms with E-state index in [1.165, 1.54) is 12.8 Å². The molecule has 0 saturated carbocycles. The number of aryl methyl sites for hydroxylation is 1. The molecule has 0 spiro atoms. The summed E-state index contributed by atoms with van der Waals surface area (Å²) in [6, 6.07) is 2.11. The summed E-state index contributed by atoms with van der Waals surface area (Å²) in [7, 11) is 0. The SMILES string of the molecule is Cc1cc(N2CCCC2)nc(N2CCN(Cc3cnccn3)CC2)n1. The van der Waals surface area contributed by atoms with Gasteiger partial charge in [0.1, 0.15) is 5.82 Å². The molecule has 2 fully saturated rings. The smallest absolute Gasteiger partial charge is 0.227 e. The third kappa shape index (κ3) is 3.87. The predicted octanol–water partition coefficient (Wildman–Crippen LogP) is 1.50. The van der Waals surface area contributed by atoms with Crippen LogP contribution in [0.15, 0.2) is 24.7 Å². The number of hydrogen-bond donors (Lipinski definition) is 0. The fourth-order valence-electron chi connectivity index (χ4n) is 3.53. The summed E-state index contributed by atoms with van der Waals surface area (Å²) in [5, 5.41) is 0. The average molecular weight is 339 g/mol. The molecule has 4 rings (SSSR count). The van der Waals surface area contributed by atoms with E-state index in [9.17, 15) is 0 Å². The van der Waals surface area contributed by atoms with Gasteiger partial charge in [-0.15, -0.1) is 0 Å². The molecule has 0 N–H and O–H groups in total. The van der Waals surface area contributed by atoms with Gasteiger partial charge in [0.15, 0.2) is 0 Å². The molecule has 2 aromatic heterocycles. The van der Waals surface area contributed by atoms with Crippen molar-refractivity contribution >= 4 is 11.8 Å². The van der Waals surface area contributed by atoms with E-state index in [1.807, 2.05) is 6.20 Å². The highest BCUT2D eigenvalue weighted by Gasteiger charge is 2.21. The van der Waals surface area contributed by atoms with E-state index in [0.717, 1.165) is 69.0 Å². The molecule has 0 atom stereocenters. The van der Waals surface area contributed by atoms with Crippen LogP contribution in [-0.2, 0) is 6.54 Å². The molecule has 2 aliphatic heterocycles. The lowest BCUT2D eigenvalue weighted by Crippen LogP contribution is -2.46. The molecule has 132 valence electrons. The van der Waals surface area contributed by atoms with Crippen LogP contribution in [0.1, 0.15) is 24.2 Å². The van der Waals surface area contributed by atoms with Gasteiger partial charge in [-0.3, -0.25) is 14.9 Å². The molecule has 25 heavy (non-hydrogen) atoms. The van der Waals surface area contributed by atoms with Gasteiger partial charge in [0, 0.05) is 76.2 Å². The molecule has 7 heteroatoms. The van der Waals surface area contributed by atoms with Crippen LogP contribution in [0.4, 0.5) is 11.8 Å². The van der Waals surface area contributed by atoms with E-state index in [-0.39, 0.29) is 0 Å². The Morgan fingerprint density at radius 2 is 1.72 bits per heavy atom. The molecule has 4 heterocycles. The van der Waals surface area contributed by atoms with Crippen molar-refractivity contribution < 1.29 is 0 Å². The van der Waals surface area contributed by atoms with Crippen LogP contribution in [0.3, 0.4) is 0 Å². The fourth-order valence-corrected chi connectivity index (χ4v) is 3.53. The summed E-state index contributed by atoms with van der Waals surface area (Å²) in [5.41, 5.74) is 2.08. The summed E-state index contributed by atoms with van der Waals surface area (Å²) < 4.78 is 0. The predicted molar refractivity (Wildman–Crippen MR) is 97.7 cm³/mol. The Kier molecular flexibility index (Phi) is 4.74. The lowest BCUT2D eigenvalue weighted by atomic mass is 10.3. The summed E-state index contributed by atoms with van der Waals surface area (Å²) >= 11 is 0. The maximum atomic E-state index is 4.85. The fraction of sp³-hybridized carbons (Fsp3) is 0.556. The first-order valence-corrected chi connectivity index (χ1v) is 9.11. The number of anilines is 2. The number of aromatic nitrogens is 4. The zero-order chi connectivity index (χ0) is 17.1. The van der Waals surface area contributed by atoms with Crippen LogP contribution in [0.2, 0.25) is 0 Å². The molecule has 0 amide bonds. The van der Waals surface area contributed by atoms with Crippen molar-refractivity contribution in [3.05, 3.63) is 36.0 Å². The van der Waals surface area contributed by atoms with Crippen molar-refractivity contribution in [3.63, 3.8) is 0 Å². The lowest BCUT2D eigenvalue weighted by molar-refractivity contribution is 0.245. The Hall–Kier alpha value is -2.28. The maximum Gasteiger partial charge on any atom is 0.227 e. The van der Waals surface area contributed by atoms with Gasteiger partial charge in [-0.1, -0.05) is 0 Å². The second-order valence-corrected chi connectivity index (χ2v) is 6.82. The van der Waals surface area contributed by atoms with Gasteiger partial charge < -0.3 is 9.80 Å². The Morgan fingerprint density at radius 1 is 0.920 bits per heavy atom. The topological polar surface area (TPSA) is 61.3 Å². The van der Waals surface area contributed by atoms with Gasteiger partial charge in [0.05, 0.1) is 5.69 Å². The van der Waals surface area contributed by atoms with Gasteiger partial charge in [0.2, 0.25) is 5.95 Å². The highest BCUT2D eigenvalue weighted by molar-refractivity contribution is 5.46. The van der Waals surface area contributed by atoms with Gasteiger partial charge in [0.25, 0.3) is 0 Å². The molecule has 2 aliphatic rings. The standard InChI is InChI=1S/C18H25N7/c1-15-12-17(24-6-2-3-7-24)22-18(21-15)25-10-8-23(9-11-25)14-16-13-19-4-5-20-16/h4-5,12-13H,2-3,6-11,14H2,1H3. The zero-order valence-electron chi connectivity index (χ0n) is 14.8. The Balaban J connectivity index is 1.40. The quantitative estimate of drug-likeness (QED) is 0.836. The summed E-state index contributed by atoms with van der Waals surface area (Å²) in [6.07, 6.45) is 7.85. The first-order chi connectivity index (χ1) is 12.3. The summed E-state index contributed by atoms with van der Waals surface area (Å²) in [4.78, 5) is 25.1. The maximum absolute atomic E-state index is 4.85.